The standard InChI is InChI=1S/C19H14N2O6S2/c1-26-14-7-6-11(8-15(14)27-2)9-16-18(23)20(19(28)29-16)17(22)12-4-3-5-13(10-12)21(24)25/h3-10H,1-2H3/b16-9+. The monoisotopic (exact) mass is 430 g/mol. The lowest BCUT2D eigenvalue weighted by Gasteiger charge is -2.12. The predicted octanol–water partition coefficient (Wildman–Crippen LogP) is 3.65. The highest BCUT2D eigenvalue weighted by molar-refractivity contribution is 8.26. The molecule has 148 valence electrons. The quantitative estimate of drug-likeness (QED) is 0.233. The molecule has 3 rings (SSSR count). The molecule has 0 bridgehead atoms. The molecule has 0 saturated carbocycles. The van der Waals surface area contributed by atoms with Crippen molar-refractivity contribution in [2.45, 2.75) is 0 Å². The van der Waals surface area contributed by atoms with Gasteiger partial charge >= 0.3 is 0 Å². The lowest BCUT2D eigenvalue weighted by atomic mass is 10.1. The van der Waals surface area contributed by atoms with E-state index in [0.717, 1.165) is 22.7 Å². The summed E-state index contributed by atoms with van der Waals surface area (Å²) in [5, 5.41) is 10.9. The van der Waals surface area contributed by atoms with E-state index in [1.807, 2.05) is 0 Å². The van der Waals surface area contributed by atoms with Crippen LogP contribution in [-0.2, 0) is 4.79 Å². The van der Waals surface area contributed by atoms with Crippen molar-refractivity contribution >= 4 is 51.9 Å². The fourth-order valence-corrected chi connectivity index (χ4v) is 3.87. The smallest absolute Gasteiger partial charge is 0.273 e. The minimum atomic E-state index is -0.716. The number of thiocarbonyl (C=S) groups is 1. The molecule has 1 aliphatic heterocycles. The summed E-state index contributed by atoms with van der Waals surface area (Å²) in [5.74, 6) is -0.277. The van der Waals surface area contributed by atoms with Crippen molar-refractivity contribution < 1.29 is 24.0 Å². The van der Waals surface area contributed by atoms with Crippen LogP contribution in [0.25, 0.3) is 6.08 Å². The molecule has 1 heterocycles. The van der Waals surface area contributed by atoms with Gasteiger partial charge in [0.05, 0.1) is 24.0 Å². The molecule has 2 amide bonds. The third-order valence-electron chi connectivity index (χ3n) is 4.01. The molecule has 0 atom stereocenters. The van der Waals surface area contributed by atoms with E-state index in [0.29, 0.717) is 17.1 Å². The minimum absolute atomic E-state index is 0.00265. The first-order chi connectivity index (χ1) is 13.8. The number of carbonyl (C=O) groups is 2. The van der Waals surface area contributed by atoms with Gasteiger partial charge in [-0.2, -0.15) is 0 Å². The number of nitro benzene ring substituents is 1. The second-order valence-corrected chi connectivity index (χ2v) is 7.42. The van der Waals surface area contributed by atoms with E-state index >= 15 is 0 Å². The topological polar surface area (TPSA) is 99.0 Å². The van der Waals surface area contributed by atoms with Gasteiger partial charge in [0.15, 0.2) is 15.8 Å². The van der Waals surface area contributed by atoms with E-state index in [1.54, 1.807) is 24.3 Å². The van der Waals surface area contributed by atoms with Gasteiger partial charge in [0, 0.05) is 17.7 Å². The average Bonchev–Trinajstić information content (AvgIpc) is 3.00. The van der Waals surface area contributed by atoms with Crippen LogP contribution in [0.4, 0.5) is 5.69 Å². The van der Waals surface area contributed by atoms with Crippen LogP contribution in [-0.4, -0.2) is 40.2 Å². The first kappa shape index (κ1) is 20.5. The summed E-state index contributed by atoms with van der Waals surface area (Å²) in [5.41, 5.74) is 0.413. The summed E-state index contributed by atoms with van der Waals surface area (Å²) in [6, 6.07) is 10.3. The number of amides is 2. The summed E-state index contributed by atoms with van der Waals surface area (Å²) >= 11 is 6.16. The molecule has 0 N–H and O–H groups in total. The van der Waals surface area contributed by atoms with Crippen LogP contribution in [0.5, 0.6) is 11.5 Å². The Morgan fingerprint density at radius 3 is 2.55 bits per heavy atom. The number of carbonyl (C=O) groups excluding carboxylic acids is 2. The Bertz CT molecular complexity index is 1070. The van der Waals surface area contributed by atoms with Crippen LogP contribution < -0.4 is 9.47 Å². The number of non-ortho nitro benzene ring substituents is 1. The van der Waals surface area contributed by atoms with E-state index in [4.69, 9.17) is 21.7 Å². The van der Waals surface area contributed by atoms with Crippen molar-refractivity contribution in [2.24, 2.45) is 0 Å². The molecule has 2 aromatic carbocycles. The van der Waals surface area contributed by atoms with Gasteiger partial charge in [-0.15, -0.1) is 0 Å². The molecule has 2 aromatic rings. The van der Waals surface area contributed by atoms with Gasteiger partial charge in [0.25, 0.3) is 17.5 Å². The maximum atomic E-state index is 12.8. The van der Waals surface area contributed by atoms with Gasteiger partial charge in [0.2, 0.25) is 0 Å². The molecule has 1 aliphatic rings. The number of hydrogen-bond donors (Lipinski definition) is 0. The third kappa shape index (κ3) is 4.13. The van der Waals surface area contributed by atoms with Crippen molar-refractivity contribution in [3.63, 3.8) is 0 Å². The van der Waals surface area contributed by atoms with E-state index in [-0.39, 0.29) is 20.5 Å². The fraction of sp³-hybridized carbons (Fsp3) is 0.105. The highest BCUT2D eigenvalue weighted by Crippen LogP contribution is 2.35. The van der Waals surface area contributed by atoms with Crippen molar-refractivity contribution in [3.05, 3.63) is 68.6 Å². The molecule has 0 aromatic heterocycles. The second kappa shape index (κ2) is 8.41. The summed E-state index contributed by atoms with van der Waals surface area (Å²) in [7, 11) is 3.01. The van der Waals surface area contributed by atoms with Gasteiger partial charge in [-0.05, 0) is 29.8 Å². The zero-order valence-corrected chi connectivity index (χ0v) is 16.9. The second-order valence-electron chi connectivity index (χ2n) is 5.74. The molecule has 1 fully saturated rings. The van der Waals surface area contributed by atoms with Crippen molar-refractivity contribution in [2.75, 3.05) is 14.2 Å². The molecule has 0 spiro atoms. The van der Waals surface area contributed by atoms with Crippen LogP contribution >= 0.6 is 24.0 Å². The summed E-state index contributed by atoms with van der Waals surface area (Å²) in [6.45, 7) is 0. The Morgan fingerprint density at radius 1 is 1.17 bits per heavy atom. The van der Waals surface area contributed by atoms with Gasteiger partial charge in [-0.3, -0.25) is 19.7 Å². The molecule has 0 aliphatic carbocycles. The lowest BCUT2D eigenvalue weighted by molar-refractivity contribution is -0.384. The first-order valence-corrected chi connectivity index (χ1v) is 9.37. The summed E-state index contributed by atoms with van der Waals surface area (Å²) < 4.78 is 10.5. The number of methoxy groups -OCH3 is 2. The predicted molar refractivity (Wildman–Crippen MR) is 112 cm³/mol. The molecular formula is C19H14N2O6S2. The highest BCUT2D eigenvalue weighted by atomic mass is 32.2. The van der Waals surface area contributed by atoms with Crippen molar-refractivity contribution in [3.8, 4) is 11.5 Å². The number of nitro groups is 1. The van der Waals surface area contributed by atoms with E-state index in [2.05, 4.69) is 0 Å². The molecular weight excluding hydrogens is 416 g/mol. The minimum Gasteiger partial charge on any atom is -0.493 e. The van der Waals surface area contributed by atoms with E-state index in [9.17, 15) is 19.7 Å². The molecule has 0 unspecified atom stereocenters. The summed E-state index contributed by atoms with van der Waals surface area (Å²) in [4.78, 5) is 36.9. The average molecular weight is 430 g/mol. The third-order valence-corrected chi connectivity index (χ3v) is 5.31. The van der Waals surface area contributed by atoms with Gasteiger partial charge in [-0.1, -0.05) is 36.1 Å². The first-order valence-electron chi connectivity index (χ1n) is 8.14. The maximum absolute atomic E-state index is 12.8. The number of imide groups is 1. The molecule has 1 saturated heterocycles. The van der Waals surface area contributed by atoms with Gasteiger partial charge < -0.3 is 9.47 Å². The SMILES string of the molecule is COc1ccc(/C=C2/SC(=S)N(C(=O)c3cccc([N+](=O)[O-])c3)C2=O)cc1OC. The Hall–Kier alpha value is -3.24. The van der Waals surface area contributed by atoms with Crippen molar-refractivity contribution in [1.29, 1.82) is 0 Å². The van der Waals surface area contributed by atoms with Crippen LogP contribution in [0.2, 0.25) is 0 Å². The van der Waals surface area contributed by atoms with E-state index < -0.39 is 16.7 Å². The van der Waals surface area contributed by atoms with Crippen LogP contribution in [0.3, 0.4) is 0 Å². The number of rotatable bonds is 5. The summed E-state index contributed by atoms with van der Waals surface area (Å²) in [6.07, 6.45) is 1.59. The van der Waals surface area contributed by atoms with Gasteiger partial charge in [0.1, 0.15) is 0 Å². The van der Waals surface area contributed by atoms with Crippen LogP contribution in [0.15, 0.2) is 47.4 Å². The Labute approximate surface area is 175 Å². The fourth-order valence-electron chi connectivity index (χ4n) is 2.62. The van der Waals surface area contributed by atoms with Crippen LogP contribution in [0.1, 0.15) is 15.9 Å². The van der Waals surface area contributed by atoms with Gasteiger partial charge in [-0.25, -0.2) is 4.90 Å². The Kier molecular flexibility index (Phi) is 5.95. The zero-order valence-electron chi connectivity index (χ0n) is 15.3. The number of ether oxygens (including phenoxy) is 2. The zero-order chi connectivity index (χ0) is 21.1. The Morgan fingerprint density at radius 2 is 1.90 bits per heavy atom. The lowest BCUT2D eigenvalue weighted by Crippen LogP contribution is -2.34. The number of thioether (sulfide) groups is 1. The molecule has 0 radical (unpaired) electrons. The maximum Gasteiger partial charge on any atom is 0.273 e. The van der Waals surface area contributed by atoms with Crippen LogP contribution in [0, 0.1) is 10.1 Å². The largest absolute Gasteiger partial charge is 0.493 e. The molecule has 29 heavy (non-hydrogen) atoms. The van der Waals surface area contributed by atoms with E-state index in [1.165, 1.54) is 32.4 Å². The molecule has 8 nitrogen and oxygen atoms in total. The number of benzene rings is 2. The highest BCUT2D eigenvalue weighted by Gasteiger charge is 2.37. The normalized spacial score (nSPS) is 15.0. The van der Waals surface area contributed by atoms with Crippen molar-refractivity contribution in [1.82, 2.24) is 4.90 Å². The molecule has 10 heteroatoms. The number of nitrogens with zero attached hydrogens (tertiary/aromatic N) is 2. The Balaban J connectivity index is 1.90. The number of hydrogen-bond acceptors (Lipinski definition) is 8.